The third kappa shape index (κ3) is 3.28. The molecule has 1 aliphatic rings. The van der Waals surface area contributed by atoms with E-state index >= 15 is 0 Å². The molecule has 106 valence electrons. The van der Waals surface area contributed by atoms with E-state index in [1.54, 1.807) is 7.11 Å². The molecule has 1 saturated heterocycles. The maximum absolute atomic E-state index is 6.04. The third-order valence-corrected chi connectivity index (χ3v) is 4.29. The van der Waals surface area contributed by atoms with Gasteiger partial charge in [0.15, 0.2) is 0 Å². The smallest absolute Gasteiger partial charge is 0.118 e. The van der Waals surface area contributed by atoms with Crippen molar-refractivity contribution < 1.29 is 4.74 Å². The first-order valence-electron chi connectivity index (χ1n) is 7.25. The molecular formula is C16H26N2O. The number of hydrogen-bond donors (Lipinski definition) is 1. The van der Waals surface area contributed by atoms with Crippen LogP contribution in [0.1, 0.15) is 38.3 Å². The molecule has 3 atom stereocenters. The molecule has 3 nitrogen and oxygen atoms in total. The summed E-state index contributed by atoms with van der Waals surface area (Å²) >= 11 is 0. The maximum Gasteiger partial charge on any atom is 0.118 e. The largest absolute Gasteiger partial charge is 0.497 e. The number of likely N-dealkylation sites (tertiary alicyclic amines) is 1. The van der Waals surface area contributed by atoms with E-state index in [0.717, 1.165) is 18.2 Å². The van der Waals surface area contributed by atoms with Gasteiger partial charge in [-0.05, 0) is 43.4 Å². The Morgan fingerprint density at radius 3 is 2.53 bits per heavy atom. The van der Waals surface area contributed by atoms with Gasteiger partial charge in [0.25, 0.3) is 0 Å². The number of rotatable bonds is 4. The van der Waals surface area contributed by atoms with Crippen LogP contribution in [-0.4, -0.2) is 31.1 Å². The molecule has 3 heteroatoms. The lowest BCUT2D eigenvalue weighted by Crippen LogP contribution is -2.45. The van der Waals surface area contributed by atoms with Crippen molar-refractivity contribution in [3.05, 3.63) is 29.8 Å². The van der Waals surface area contributed by atoms with Gasteiger partial charge in [-0.1, -0.05) is 19.1 Å². The van der Waals surface area contributed by atoms with Crippen LogP contribution in [0.15, 0.2) is 24.3 Å². The Balaban J connectivity index is 2.17. The van der Waals surface area contributed by atoms with Gasteiger partial charge in [0.1, 0.15) is 5.75 Å². The number of ether oxygens (including phenoxy) is 1. The zero-order chi connectivity index (χ0) is 13.8. The second-order valence-corrected chi connectivity index (χ2v) is 5.75. The Morgan fingerprint density at radius 2 is 1.95 bits per heavy atom. The van der Waals surface area contributed by atoms with Crippen LogP contribution in [0.2, 0.25) is 0 Å². The van der Waals surface area contributed by atoms with Crippen molar-refractivity contribution in [1.29, 1.82) is 0 Å². The Bertz CT molecular complexity index is 390. The van der Waals surface area contributed by atoms with Crippen LogP contribution in [0.4, 0.5) is 0 Å². The van der Waals surface area contributed by atoms with Crippen molar-refractivity contribution in [1.82, 2.24) is 4.90 Å². The normalized spacial score (nSPS) is 26.1. The lowest BCUT2D eigenvalue weighted by molar-refractivity contribution is 0.0798. The van der Waals surface area contributed by atoms with Crippen LogP contribution in [0, 0.1) is 5.92 Å². The first kappa shape index (κ1) is 14.4. The Hall–Kier alpha value is -1.06. The van der Waals surface area contributed by atoms with Crippen LogP contribution in [-0.2, 0) is 0 Å². The van der Waals surface area contributed by atoms with Gasteiger partial charge in [0, 0.05) is 25.2 Å². The van der Waals surface area contributed by atoms with Crippen LogP contribution >= 0.6 is 0 Å². The summed E-state index contributed by atoms with van der Waals surface area (Å²) in [5.41, 5.74) is 7.34. The topological polar surface area (TPSA) is 38.5 Å². The minimum absolute atomic E-state index is 0.323. The Kier molecular flexibility index (Phi) is 4.83. The fraction of sp³-hybridized carbons (Fsp3) is 0.625. The summed E-state index contributed by atoms with van der Waals surface area (Å²) in [6.45, 7) is 6.47. The highest BCUT2D eigenvalue weighted by molar-refractivity contribution is 5.29. The number of benzene rings is 1. The molecule has 1 aliphatic heterocycles. The molecule has 0 amide bonds. The molecule has 1 fully saturated rings. The van der Waals surface area contributed by atoms with Crippen molar-refractivity contribution in [2.75, 3.05) is 20.2 Å². The summed E-state index contributed by atoms with van der Waals surface area (Å²) in [6, 6.07) is 9.27. The highest BCUT2D eigenvalue weighted by Crippen LogP contribution is 2.30. The fourth-order valence-corrected chi connectivity index (χ4v) is 3.05. The summed E-state index contributed by atoms with van der Waals surface area (Å²) < 4.78 is 5.22. The molecule has 0 bridgehead atoms. The van der Waals surface area contributed by atoms with Crippen LogP contribution < -0.4 is 10.5 Å². The minimum Gasteiger partial charge on any atom is -0.497 e. The monoisotopic (exact) mass is 262 g/mol. The number of nitrogens with zero attached hydrogens (tertiary/aromatic N) is 1. The highest BCUT2D eigenvalue weighted by Gasteiger charge is 2.29. The van der Waals surface area contributed by atoms with E-state index < -0.39 is 0 Å². The predicted molar refractivity (Wildman–Crippen MR) is 79.4 cm³/mol. The predicted octanol–water partition coefficient (Wildman–Crippen LogP) is 2.82. The van der Waals surface area contributed by atoms with Gasteiger partial charge >= 0.3 is 0 Å². The maximum atomic E-state index is 6.04. The number of nitrogens with two attached hydrogens (primary N) is 1. The summed E-state index contributed by atoms with van der Waals surface area (Å²) in [7, 11) is 1.70. The summed E-state index contributed by atoms with van der Waals surface area (Å²) in [5, 5.41) is 0. The van der Waals surface area contributed by atoms with E-state index in [4.69, 9.17) is 10.5 Å². The van der Waals surface area contributed by atoms with Gasteiger partial charge in [-0.15, -0.1) is 0 Å². The van der Waals surface area contributed by atoms with E-state index in [9.17, 15) is 0 Å². The highest BCUT2D eigenvalue weighted by atomic mass is 16.5. The van der Waals surface area contributed by atoms with E-state index in [1.807, 2.05) is 12.1 Å². The molecule has 0 spiro atoms. The summed E-state index contributed by atoms with van der Waals surface area (Å²) in [5.74, 6) is 1.67. The fourth-order valence-electron chi connectivity index (χ4n) is 3.05. The molecule has 3 unspecified atom stereocenters. The van der Waals surface area contributed by atoms with E-state index in [0.29, 0.717) is 18.6 Å². The molecule has 0 saturated carbocycles. The van der Waals surface area contributed by atoms with Crippen molar-refractivity contribution in [3.8, 4) is 5.75 Å². The van der Waals surface area contributed by atoms with Gasteiger partial charge in [0.2, 0.25) is 0 Å². The Morgan fingerprint density at radius 1 is 1.26 bits per heavy atom. The molecule has 1 heterocycles. The average molecular weight is 262 g/mol. The molecular weight excluding hydrogens is 236 g/mol. The molecule has 1 aromatic carbocycles. The zero-order valence-corrected chi connectivity index (χ0v) is 12.3. The van der Waals surface area contributed by atoms with Crippen molar-refractivity contribution in [3.63, 3.8) is 0 Å². The van der Waals surface area contributed by atoms with E-state index in [2.05, 4.69) is 30.9 Å². The molecule has 19 heavy (non-hydrogen) atoms. The van der Waals surface area contributed by atoms with Crippen LogP contribution in [0.25, 0.3) is 0 Å². The molecule has 2 N–H and O–H groups in total. The van der Waals surface area contributed by atoms with Crippen molar-refractivity contribution in [2.24, 2.45) is 11.7 Å². The molecule has 0 radical (unpaired) electrons. The number of piperidine rings is 1. The first-order valence-corrected chi connectivity index (χ1v) is 7.25. The van der Waals surface area contributed by atoms with Gasteiger partial charge in [-0.2, -0.15) is 0 Å². The number of hydrogen-bond acceptors (Lipinski definition) is 3. The first-order chi connectivity index (χ1) is 9.15. The van der Waals surface area contributed by atoms with Crippen molar-refractivity contribution in [2.45, 2.75) is 38.8 Å². The average Bonchev–Trinajstić information content (AvgIpc) is 2.44. The zero-order valence-electron chi connectivity index (χ0n) is 12.3. The second-order valence-electron chi connectivity index (χ2n) is 5.75. The molecule has 2 rings (SSSR count). The molecule has 0 aliphatic carbocycles. The van der Waals surface area contributed by atoms with Crippen LogP contribution in [0.3, 0.4) is 0 Å². The molecule has 0 aromatic heterocycles. The van der Waals surface area contributed by atoms with E-state index in [1.165, 1.54) is 18.4 Å². The summed E-state index contributed by atoms with van der Waals surface area (Å²) in [6.07, 6.45) is 2.60. The Labute approximate surface area is 116 Å². The third-order valence-electron chi connectivity index (χ3n) is 4.29. The summed E-state index contributed by atoms with van der Waals surface area (Å²) in [4.78, 5) is 2.57. The van der Waals surface area contributed by atoms with Crippen LogP contribution in [0.5, 0.6) is 5.75 Å². The van der Waals surface area contributed by atoms with Crippen molar-refractivity contribution >= 4 is 0 Å². The van der Waals surface area contributed by atoms with Gasteiger partial charge < -0.3 is 10.5 Å². The van der Waals surface area contributed by atoms with Gasteiger partial charge in [-0.25, -0.2) is 0 Å². The standard InChI is InChI=1S/C16H26N2O/c1-12-4-5-13(2)18(11-12)16(10-17)14-6-8-15(19-3)9-7-14/h6-9,12-13,16H,4-5,10-11,17H2,1-3H3. The number of methoxy groups -OCH3 is 1. The van der Waals surface area contributed by atoms with Gasteiger partial charge in [0.05, 0.1) is 7.11 Å². The minimum atomic E-state index is 0.323. The lowest BCUT2D eigenvalue weighted by Gasteiger charge is -2.42. The SMILES string of the molecule is COc1ccc(C(CN)N2CC(C)CCC2C)cc1. The van der Waals surface area contributed by atoms with Gasteiger partial charge in [-0.3, -0.25) is 4.90 Å². The molecule has 1 aromatic rings. The quantitative estimate of drug-likeness (QED) is 0.907. The van der Waals surface area contributed by atoms with E-state index in [-0.39, 0.29) is 0 Å². The lowest BCUT2D eigenvalue weighted by atomic mass is 9.91. The second kappa shape index (κ2) is 6.40.